The second-order valence-corrected chi connectivity index (χ2v) is 4.57. The smallest absolute Gasteiger partial charge is 0.196 e. The summed E-state index contributed by atoms with van der Waals surface area (Å²) in [4.78, 5) is 15.5. The van der Waals surface area contributed by atoms with E-state index in [1.165, 1.54) is 30.6 Å². The van der Waals surface area contributed by atoms with Crippen LogP contribution in [0.15, 0.2) is 23.6 Å². The minimum absolute atomic E-state index is 0.111. The van der Waals surface area contributed by atoms with E-state index in [9.17, 15) is 9.18 Å². The second kappa shape index (κ2) is 5.46. The molecule has 2 aromatic rings. The lowest BCUT2D eigenvalue weighted by molar-refractivity contribution is 0.101. The van der Waals surface area contributed by atoms with Crippen LogP contribution in [0.1, 0.15) is 10.5 Å². The maximum atomic E-state index is 13.5. The predicted octanol–water partition coefficient (Wildman–Crippen LogP) is 3.38. The average molecular weight is 286 g/mol. The Kier molecular flexibility index (Phi) is 3.93. The third-order valence-electron chi connectivity index (χ3n) is 2.31. The first-order chi connectivity index (χ1) is 8.65. The molecule has 94 valence electrons. The van der Waals surface area contributed by atoms with Gasteiger partial charge in [0.1, 0.15) is 10.7 Å². The standard InChI is InChI=1S/C12H9ClFNO2S/c1-17-11-3-2-7(4-8(11)14)12-15-9(6-18-12)10(16)5-13/h2-4,6H,5H2,1H3. The largest absolute Gasteiger partial charge is 0.494 e. The van der Waals surface area contributed by atoms with E-state index in [-0.39, 0.29) is 17.4 Å². The van der Waals surface area contributed by atoms with Gasteiger partial charge < -0.3 is 4.74 Å². The Bertz CT molecular complexity index is 585. The quantitative estimate of drug-likeness (QED) is 0.638. The number of hydrogen-bond donors (Lipinski definition) is 0. The highest BCUT2D eigenvalue weighted by molar-refractivity contribution is 7.13. The predicted molar refractivity (Wildman–Crippen MR) is 69.1 cm³/mol. The minimum atomic E-state index is -0.463. The number of carbonyl (C=O) groups is 1. The van der Waals surface area contributed by atoms with Gasteiger partial charge in [-0.1, -0.05) is 0 Å². The summed E-state index contributed by atoms with van der Waals surface area (Å²) in [6.07, 6.45) is 0. The van der Waals surface area contributed by atoms with Crippen LogP contribution in [-0.2, 0) is 0 Å². The molecule has 0 atom stereocenters. The van der Waals surface area contributed by atoms with Crippen molar-refractivity contribution >= 4 is 28.7 Å². The zero-order valence-corrected chi connectivity index (χ0v) is 11.0. The number of benzene rings is 1. The van der Waals surface area contributed by atoms with E-state index < -0.39 is 5.82 Å². The molecule has 0 bridgehead atoms. The molecule has 0 aliphatic heterocycles. The molecule has 6 heteroatoms. The van der Waals surface area contributed by atoms with Crippen molar-refractivity contribution in [3.05, 3.63) is 35.1 Å². The molecular weight excluding hydrogens is 277 g/mol. The molecular formula is C12H9ClFNO2S. The summed E-state index contributed by atoms with van der Waals surface area (Å²) in [6.45, 7) is 0. The van der Waals surface area contributed by atoms with Gasteiger partial charge in [0.05, 0.1) is 13.0 Å². The Hall–Kier alpha value is -1.46. The molecule has 0 unspecified atom stereocenters. The number of Topliss-reactive ketones (excluding diaryl/α,β-unsaturated/α-hetero) is 1. The van der Waals surface area contributed by atoms with Crippen molar-refractivity contribution < 1.29 is 13.9 Å². The topological polar surface area (TPSA) is 39.2 Å². The first kappa shape index (κ1) is 13.0. The minimum Gasteiger partial charge on any atom is -0.494 e. The Morgan fingerprint density at radius 3 is 2.94 bits per heavy atom. The van der Waals surface area contributed by atoms with Crippen LogP contribution in [0.4, 0.5) is 4.39 Å². The molecule has 0 radical (unpaired) electrons. The first-order valence-corrected chi connectivity index (χ1v) is 6.45. The van der Waals surface area contributed by atoms with Gasteiger partial charge in [0.15, 0.2) is 17.3 Å². The van der Waals surface area contributed by atoms with Crippen LogP contribution >= 0.6 is 22.9 Å². The second-order valence-electron chi connectivity index (χ2n) is 3.44. The van der Waals surface area contributed by atoms with Crippen LogP contribution < -0.4 is 4.74 Å². The summed E-state index contributed by atoms with van der Waals surface area (Å²) in [5.41, 5.74) is 0.910. The highest BCUT2D eigenvalue weighted by atomic mass is 35.5. The fraction of sp³-hybridized carbons (Fsp3) is 0.167. The van der Waals surface area contributed by atoms with E-state index in [4.69, 9.17) is 16.3 Å². The number of rotatable bonds is 4. The molecule has 0 aliphatic rings. The highest BCUT2D eigenvalue weighted by Crippen LogP contribution is 2.28. The summed E-state index contributed by atoms with van der Waals surface area (Å²) in [5, 5.41) is 2.19. The number of thiazole rings is 1. The van der Waals surface area contributed by atoms with Crippen molar-refractivity contribution in [3.63, 3.8) is 0 Å². The van der Waals surface area contributed by atoms with Gasteiger partial charge in [-0.25, -0.2) is 9.37 Å². The third-order valence-corrected chi connectivity index (χ3v) is 3.44. The van der Waals surface area contributed by atoms with Crippen molar-refractivity contribution in [1.29, 1.82) is 0 Å². The molecule has 18 heavy (non-hydrogen) atoms. The summed E-state index contributed by atoms with van der Waals surface area (Å²) in [6, 6.07) is 4.54. The van der Waals surface area contributed by atoms with Crippen LogP contribution in [-0.4, -0.2) is 23.8 Å². The number of aromatic nitrogens is 1. The maximum absolute atomic E-state index is 13.5. The number of ketones is 1. The summed E-state index contributed by atoms with van der Waals surface area (Å²) in [5.74, 6) is -0.643. The monoisotopic (exact) mass is 285 g/mol. The lowest BCUT2D eigenvalue weighted by Gasteiger charge is -2.02. The Balaban J connectivity index is 2.34. The molecule has 0 amide bonds. The van der Waals surface area contributed by atoms with E-state index in [0.717, 1.165) is 0 Å². The maximum Gasteiger partial charge on any atom is 0.196 e. The number of ether oxygens (including phenoxy) is 1. The molecule has 1 aromatic carbocycles. The molecule has 1 aromatic heterocycles. The number of carbonyl (C=O) groups excluding carboxylic acids is 1. The number of methoxy groups -OCH3 is 1. The number of halogens is 2. The van der Waals surface area contributed by atoms with Gasteiger partial charge in [0.2, 0.25) is 0 Å². The Labute approximate surface area is 112 Å². The molecule has 0 spiro atoms. The Morgan fingerprint density at radius 2 is 2.33 bits per heavy atom. The van der Waals surface area contributed by atoms with Crippen LogP contribution in [0.5, 0.6) is 5.75 Å². The van der Waals surface area contributed by atoms with Gasteiger partial charge in [-0.3, -0.25) is 4.79 Å². The van der Waals surface area contributed by atoms with Crippen molar-refractivity contribution in [2.75, 3.05) is 13.0 Å². The first-order valence-electron chi connectivity index (χ1n) is 5.04. The lowest BCUT2D eigenvalue weighted by Crippen LogP contribution is -2.00. The van der Waals surface area contributed by atoms with Gasteiger partial charge in [-0.05, 0) is 18.2 Å². The van der Waals surface area contributed by atoms with Gasteiger partial charge in [-0.15, -0.1) is 22.9 Å². The van der Waals surface area contributed by atoms with Gasteiger partial charge in [0, 0.05) is 10.9 Å². The molecule has 0 aliphatic carbocycles. The number of alkyl halides is 1. The van der Waals surface area contributed by atoms with E-state index in [0.29, 0.717) is 16.3 Å². The molecule has 0 saturated carbocycles. The highest BCUT2D eigenvalue weighted by Gasteiger charge is 2.12. The van der Waals surface area contributed by atoms with Crippen LogP contribution in [0, 0.1) is 5.82 Å². The van der Waals surface area contributed by atoms with E-state index in [1.807, 2.05) is 0 Å². The van der Waals surface area contributed by atoms with Crippen LogP contribution in [0.3, 0.4) is 0 Å². The Morgan fingerprint density at radius 1 is 1.56 bits per heavy atom. The summed E-state index contributed by atoms with van der Waals surface area (Å²) in [7, 11) is 1.40. The van der Waals surface area contributed by atoms with Crippen molar-refractivity contribution in [2.45, 2.75) is 0 Å². The molecule has 0 saturated heterocycles. The van der Waals surface area contributed by atoms with Crippen molar-refractivity contribution in [1.82, 2.24) is 4.98 Å². The third kappa shape index (κ3) is 2.52. The molecule has 3 nitrogen and oxygen atoms in total. The van der Waals surface area contributed by atoms with Crippen molar-refractivity contribution in [3.8, 4) is 16.3 Å². The van der Waals surface area contributed by atoms with E-state index in [1.54, 1.807) is 11.4 Å². The molecule has 0 fully saturated rings. The number of nitrogens with zero attached hydrogens (tertiary/aromatic N) is 1. The zero-order valence-electron chi connectivity index (χ0n) is 9.44. The SMILES string of the molecule is COc1ccc(-c2nc(C(=O)CCl)cs2)cc1F. The van der Waals surface area contributed by atoms with Gasteiger partial charge in [0.25, 0.3) is 0 Å². The van der Waals surface area contributed by atoms with Crippen molar-refractivity contribution in [2.24, 2.45) is 0 Å². The molecule has 0 N–H and O–H groups in total. The van der Waals surface area contributed by atoms with Crippen LogP contribution in [0.2, 0.25) is 0 Å². The average Bonchev–Trinajstić information content (AvgIpc) is 2.87. The fourth-order valence-electron chi connectivity index (χ4n) is 1.40. The van der Waals surface area contributed by atoms with Gasteiger partial charge in [-0.2, -0.15) is 0 Å². The summed E-state index contributed by atoms with van der Waals surface area (Å²) < 4.78 is 18.4. The van der Waals surface area contributed by atoms with Gasteiger partial charge >= 0.3 is 0 Å². The van der Waals surface area contributed by atoms with Crippen LogP contribution in [0.25, 0.3) is 10.6 Å². The zero-order chi connectivity index (χ0) is 13.1. The normalized spacial score (nSPS) is 10.4. The van der Waals surface area contributed by atoms with E-state index >= 15 is 0 Å². The van der Waals surface area contributed by atoms with E-state index in [2.05, 4.69) is 4.98 Å². The summed E-state index contributed by atoms with van der Waals surface area (Å²) >= 11 is 6.72. The lowest BCUT2D eigenvalue weighted by atomic mass is 10.2. The molecule has 2 rings (SSSR count). The number of hydrogen-bond acceptors (Lipinski definition) is 4. The fourth-order valence-corrected chi connectivity index (χ4v) is 2.36. The molecule has 1 heterocycles.